The lowest BCUT2D eigenvalue weighted by atomic mass is 10.1. The Labute approximate surface area is 119 Å². The molecule has 0 unspecified atom stereocenters. The van der Waals surface area contributed by atoms with Gasteiger partial charge in [-0.15, -0.1) is 0 Å². The number of aryl methyl sites for hydroxylation is 2. The van der Waals surface area contributed by atoms with Gasteiger partial charge in [-0.3, -0.25) is 19.7 Å². The number of aromatic nitrogens is 1. The third-order valence-corrected chi connectivity index (χ3v) is 2.90. The molecule has 2 rings (SSSR count). The zero-order valence-electron chi connectivity index (χ0n) is 11.5. The molecule has 2 aromatic rings. The lowest BCUT2D eigenvalue weighted by molar-refractivity contribution is -0.384. The van der Waals surface area contributed by atoms with Crippen LogP contribution in [0.15, 0.2) is 35.3 Å². The van der Waals surface area contributed by atoms with Crippen LogP contribution in [0.1, 0.15) is 21.6 Å². The topological polar surface area (TPSA) is 105 Å². The number of pyridine rings is 1. The van der Waals surface area contributed by atoms with Gasteiger partial charge in [0.25, 0.3) is 11.6 Å². The number of carbonyl (C=O) groups excluding carboxylic acids is 1. The van der Waals surface area contributed by atoms with Gasteiger partial charge in [0.1, 0.15) is 11.3 Å². The fourth-order valence-electron chi connectivity index (χ4n) is 1.84. The van der Waals surface area contributed by atoms with Crippen LogP contribution in [0, 0.1) is 24.0 Å². The number of hydrogen-bond donors (Lipinski definition) is 2. The predicted molar refractivity (Wildman–Crippen MR) is 77.6 cm³/mol. The van der Waals surface area contributed by atoms with Gasteiger partial charge in [-0.05, 0) is 25.5 Å². The lowest BCUT2D eigenvalue weighted by Crippen LogP contribution is -2.22. The number of H-pyrrole nitrogens is 1. The third kappa shape index (κ3) is 3.14. The van der Waals surface area contributed by atoms with E-state index < -0.39 is 16.3 Å². The molecule has 0 spiro atoms. The number of rotatable bonds is 3. The van der Waals surface area contributed by atoms with Crippen molar-refractivity contribution >= 4 is 17.3 Å². The van der Waals surface area contributed by atoms with Crippen LogP contribution >= 0.6 is 0 Å². The van der Waals surface area contributed by atoms with Crippen LogP contribution in [0.4, 0.5) is 11.4 Å². The molecule has 0 bridgehead atoms. The molecule has 21 heavy (non-hydrogen) atoms. The first-order chi connectivity index (χ1) is 9.88. The van der Waals surface area contributed by atoms with E-state index in [0.717, 1.165) is 0 Å². The Morgan fingerprint density at radius 3 is 2.62 bits per heavy atom. The van der Waals surface area contributed by atoms with Crippen molar-refractivity contribution in [2.24, 2.45) is 0 Å². The predicted octanol–water partition coefficient (Wildman–Crippen LogP) is 2.15. The molecule has 1 heterocycles. The van der Waals surface area contributed by atoms with E-state index in [1.807, 2.05) is 0 Å². The van der Waals surface area contributed by atoms with Gasteiger partial charge < -0.3 is 10.3 Å². The van der Waals surface area contributed by atoms with Gasteiger partial charge in [0.2, 0.25) is 0 Å². The second-order valence-electron chi connectivity index (χ2n) is 4.63. The van der Waals surface area contributed by atoms with E-state index in [4.69, 9.17) is 0 Å². The molecule has 0 aliphatic heterocycles. The molecule has 0 fully saturated rings. The van der Waals surface area contributed by atoms with Crippen LogP contribution in [0.3, 0.4) is 0 Å². The van der Waals surface area contributed by atoms with Gasteiger partial charge in [0, 0.05) is 24.0 Å². The van der Waals surface area contributed by atoms with Crippen LogP contribution in [0.25, 0.3) is 0 Å². The highest BCUT2D eigenvalue weighted by Gasteiger charge is 2.18. The van der Waals surface area contributed by atoms with Crippen LogP contribution in [-0.2, 0) is 0 Å². The number of amides is 1. The van der Waals surface area contributed by atoms with E-state index in [2.05, 4.69) is 10.3 Å². The van der Waals surface area contributed by atoms with Crippen LogP contribution < -0.4 is 10.7 Å². The largest absolute Gasteiger partial charge is 0.364 e. The summed E-state index contributed by atoms with van der Waals surface area (Å²) in [7, 11) is 0. The maximum atomic E-state index is 12.1. The average Bonchev–Trinajstić information content (AvgIpc) is 2.40. The Hall–Kier alpha value is -2.96. The standard InChI is InChI=1S/C14H13N3O4/c1-8-3-4-11(12(5-8)17(20)21)16-14(19)10-7-15-9(2)6-13(10)18/h3-7H,1-2H3,(H,15,18)(H,16,19). The maximum absolute atomic E-state index is 12.1. The number of nitro benzene ring substituents is 1. The first-order valence-corrected chi connectivity index (χ1v) is 6.14. The summed E-state index contributed by atoms with van der Waals surface area (Å²) in [5, 5.41) is 13.4. The van der Waals surface area contributed by atoms with Crippen LogP contribution in [-0.4, -0.2) is 15.8 Å². The van der Waals surface area contributed by atoms with Crippen LogP contribution in [0.5, 0.6) is 0 Å². The number of nitrogens with one attached hydrogen (secondary N) is 2. The van der Waals surface area contributed by atoms with Crippen molar-refractivity contribution in [3.05, 3.63) is 67.6 Å². The molecule has 1 aromatic heterocycles. The van der Waals surface area contributed by atoms with E-state index in [9.17, 15) is 19.7 Å². The number of nitrogens with zero attached hydrogens (tertiary/aromatic N) is 1. The van der Waals surface area contributed by atoms with Crippen molar-refractivity contribution in [2.45, 2.75) is 13.8 Å². The van der Waals surface area contributed by atoms with Crippen molar-refractivity contribution in [1.82, 2.24) is 4.98 Å². The monoisotopic (exact) mass is 287 g/mol. The Morgan fingerprint density at radius 1 is 1.29 bits per heavy atom. The second kappa shape index (κ2) is 5.58. The van der Waals surface area contributed by atoms with Crippen molar-refractivity contribution < 1.29 is 9.72 Å². The van der Waals surface area contributed by atoms with Gasteiger partial charge in [-0.2, -0.15) is 0 Å². The third-order valence-electron chi connectivity index (χ3n) is 2.90. The fraction of sp³-hybridized carbons (Fsp3) is 0.143. The molecule has 108 valence electrons. The molecule has 7 nitrogen and oxygen atoms in total. The van der Waals surface area contributed by atoms with Gasteiger partial charge in [0.05, 0.1) is 4.92 Å². The molecule has 7 heteroatoms. The van der Waals surface area contributed by atoms with Gasteiger partial charge >= 0.3 is 0 Å². The zero-order valence-corrected chi connectivity index (χ0v) is 11.5. The second-order valence-corrected chi connectivity index (χ2v) is 4.63. The minimum absolute atomic E-state index is 0.0515. The molecule has 0 saturated carbocycles. The van der Waals surface area contributed by atoms with Crippen LogP contribution in [0.2, 0.25) is 0 Å². The molecule has 1 aromatic carbocycles. The van der Waals surface area contributed by atoms with E-state index in [1.54, 1.807) is 19.9 Å². The van der Waals surface area contributed by atoms with Gasteiger partial charge in [0.15, 0.2) is 5.43 Å². The minimum atomic E-state index is -0.691. The first kappa shape index (κ1) is 14.4. The highest BCUT2D eigenvalue weighted by atomic mass is 16.6. The Bertz CT molecular complexity index is 780. The molecule has 0 radical (unpaired) electrons. The first-order valence-electron chi connectivity index (χ1n) is 6.14. The average molecular weight is 287 g/mol. The normalized spacial score (nSPS) is 10.2. The molecule has 0 aliphatic carbocycles. The number of benzene rings is 1. The summed E-state index contributed by atoms with van der Waals surface area (Å²) in [6.07, 6.45) is 1.28. The Morgan fingerprint density at radius 2 is 2.00 bits per heavy atom. The molecule has 0 atom stereocenters. The van der Waals surface area contributed by atoms with E-state index >= 15 is 0 Å². The van der Waals surface area contributed by atoms with E-state index in [-0.39, 0.29) is 16.9 Å². The summed E-state index contributed by atoms with van der Waals surface area (Å²) in [5.41, 5.74) is 0.613. The number of aromatic amines is 1. The molecule has 1 amide bonds. The molecule has 2 N–H and O–H groups in total. The Kier molecular flexibility index (Phi) is 3.84. The molecule has 0 aliphatic rings. The number of carbonyl (C=O) groups is 1. The quantitative estimate of drug-likeness (QED) is 0.666. The minimum Gasteiger partial charge on any atom is -0.364 e. The van der Waals surface area contributed by atoms with E-state index in [1.165, 1.54) is 24.4 Å². The number of anilines is 1. The molecule has 0 saturated heterocycles. The summed E-state index contributed by atoms with van der Waals surface area (Å²) in [4.78, 5) is 36.9. The van der Waals surface area contributed by atoms with Crippen molar-refractivity contribution in [3.8, 4) is 0 Å². The highest BCUT2D eigenvalue weighted by Crippen LogP contribution is 2.25. The molecular weight excluding hydrogens is 274 g/mol. The van der Waals surface area contributed by atoms with E-state index in [0.29, 0.717) is 11.3 Å². The van der Waals surface area contributed by atoms with Crippen molar-refractivity contribution in [2.75, 3.05) is 5.32 Å². The fourth-order valence-corrected chi connectivity index (χ4v) is 1.84. The SMILES string of the molecule is Cc1ccc(NC(=O)c2c[nH]c(C)cc2=O)c([N+](=O)[O-])c1. The smallest absolute Gasteiger partial charge is 0.293 e. The highest BCUT2D eigenvalue weighted by molar-refractivity contribution is 6.05. The molecular formula is C14H13N3O4. The summed E-state index contributed by atoms with van der Waals surface area (Å²) in [6, 6.07) is 5.73. The van der Waals surface area contributed by atoms with Gasteiger partial charge in [-0.1, -0.05) is 6.07 Å². The Balaban J connectivity index is 2.36. The van der Waals surface area contributed by atoms with Crippen molar-refractivity contribution in [1.29, 1.82) is 0 Å². The summed E-state index contributed by atoms with van der Waals surface area (Å²) < 4.78 is 0. The lowest BCUT2D eigenvalue weighted by Gasteiger charge is -2.06. The maximum Gasteiger partial charge on any atom is 0.293 e. The zero-order chi connectivity index (χ0) is 15.6. The summed E-state index contributed by atoms with van der Waals surface area (Å²) >= 11 is 0. The number of hydrogen-bond acceptors (Lipinski definition) is 4. The summed E-state index contributed by atoms with van der Waals surface area (Å²) in [6.45, 7) is 3.40. The van der Waals surface area contributed by atoms with Crippen molar-refractivity contribution in [3.63, 3.8) is 0 Å². The summed E-state index contributed by atoms with van der Waals surface area (Å²) in [5.74, 6) is -0.691. The van der Waals surface area contributed by atoms with Gasteiger partial charge in [-0.25, -0.2) is 0 Å². The number of nitro groups is 1.